The van der Waals surface area contributed by atoms with Crippen molar-refractivity contribution >= 4 is 29.4 Å². The van der Waals surface area contributed by atoms with Crippen molar-refractivity contribution in [2.45, 2.75) is 46.1 Å². The van der Waals surface area contributed by atoms with Crippen molar-refractivity contribution in [3.8, 4) is 0 Å². The molecule has 0 radical (unpaired) electrons. The van der Waals surface area contributed by atoms with Crippen molar-refractivity contribution < 1.29 is 19.4 Å². The summed E-state index contributed by atoms with van der Waals surface area (Å²) in [7, 11) is 0. The molecule has 23 heavy (non-hydrogen) atoms. The molecule has 0 saturated heterocycles. The number of rotatable bonds is 3. The summed E-state index contributed by atoms with van der Waals surface area (Å²) in [5.41, 5.74) is 0.396. The van der Waals surface area contributed by atoms with Crippen molar-refractivity contribution in [3.05, 3.63) is 28.8 Å². The molecular weight excluding hydrogens is 318 g/mol. The van der Waals surface area contributed by atoms with Gasteiger partial charge in [-0.1, -0.05) is 31.5 Å². The number of nitrogens with one attached hydrogen (secondary N) is 1. The monoisotopic (exact) mass is 339 g/mol. The van der Waals surface area contributed by atoms with E-state index in [1.807, 2.05) is 13.8 Å². The van der Waals surface area contributed by atoms with Crippen LogP contribution in [0.15, 0.2) is 18.2 Å². The molecule has 2 N–H and O–H groups in total. The standard InChI is InChI=1S/C17H22ClNO4/c1-16(2,3)23-15(22)19-9-6-7-10(11(18)8-9)12-13(14(20)21)17(12,4)5/h6-8,12-13H,1-5H3,(H,19,22)(H,20,21). The summed E-state index contributed by atoms with van der Waals surface area (Å²) in [6, 6.07) is 5.09. The first-order valence-corrected chi connectivity index (χ1v) is 7.83. The normalized spacial score (nSPS) is 22.3. The molecule has 126 valence electrons. The third kappa shape index (κ3) is 3.78. The Kier molecular flexibility index (Phi) is 4.37. The van der Waals surface area contributed by atoms with Gasteiger partial charge in [0.15, 0.2) is 0 Å². The zero-order chi connectivity index (χ0) is 17.6. The van der Waals surface area contributed by atoms with Gasteiger partial charge >= 0.3 is 12.1 Å². The number of aliphatic carboxylic acids is 1. The number of halogens is 1. The Labute approximate surface area is 141 Å². The van der Waals surface area contributed by atoms with E-state index < -0.39 is 23.6 Å². The summed E-state index contributed by atoms with van der Waals surface area (Å²) in [5.74, 6) is -1.38. The molecule has 5 nitrogen and oxygen atoms in total. The van der Waals surface area contributed by atoms with Crippen molar-refractivity contribution in [2.75, 3.05) is 5.32 Å². The molecule has 1 saturated carbocycles. The van der Waals surface area contributed by atoms with E-state index in [2.05, 4.69) is 5.32 Å². The van der Waals surface area contributed by atoms with Gasteiger partial charge in [-0.2, -0.15) is 0 Å². The minimum atomic E-state index is -0.813. The first-order valence-electron chi connectivity index (χ1n) is 7.46. The molecule has 2 rings (SSSR count). The number of ether oxygens (including phenoxy) is 1. The lowest BCUT2D eigenvalue weighted by atomic mass is 10.0. The van der Waals surface area contributed by atoms with E-state index in [1.54, 1.807) is 39.0 Å². The van der Waals surface area contributed by atoms with Crippen LogP contribution < -0.4 is 5.32 Å². The van der Waals surface area contributed by atoms with Crippen LogP contribution in [-0.2, 0) is 9.53 Å². The van der Waals surface area contributed by atoms with E-state index in [9.17, 15) is 14.7 Å². The number of carboxylic acids is 1. The summed E-state index contributed by atoms with van der Waals surface area (Å²) >= 11 is 6.29. The Morgan fingerprint density at radius 1 is 1.30 bits per heavy atom. The van der Waals surface area contributed by atoms with Gasteiger partial charge in [-0.05, 0) is 43.9 Å². The second-order valence-electron chi connectivity index (χ2n) is 7.48. The zero-order valence-corrected chi connectivity index (χ0v) is 14.7. The van der Waals surface area contributed by atoms with Crippen LogP contribution in [0.1, 0.15) is 46.1 Å². The van der Waals surface area contributed by atoms with Crippen LogP contribution in [-0.4, -0.2) is 22.8 Å². The van der Waals surface area contributed by atoms with Gasteiger partial charge < -0.3 is 9.84 Å². The third-order valence-corrected chi connectivity index (χ3v) is 4.40. The lowest BCUT2D eigenvalue weighted by Gasteiger charge is -2.20. The highest BCUT2D eigenvalue weighted by Gasteiger charge is 2.63. The summed E-state index contributed by atoms with van der Waals surface area (Å²) in [5, 5.41) is 12.3. The Hall–Kier alpha value is -1.75. The summed E-state index contributed by atoms with van der Waals surface area (Å²) in [6.07, 6.45) is -0.559. The molecule has 1 fully saturated rings. The maximum absolute atomic E-state index is 11.8. The largest absolute Gasteiger partial charge is 0.481 e. The molecule has 1 aromatic rings. The summed E-state index contributed by atoms with van der Waals surface area (Å²) in [4.78, 5) is 23.1. The minimum absolute atomic E-state index is 0.122. The highest BCUT2D eigenvalue weighted by Crippen LogP contribution is 2.65. The number of amides is 1. The number of hydrogen-bond donors (Lipinski definition) is 2. The van der Waals surface area contributed by atoms with Crippen LogP contribution in [0.25, 0.3) is 0 Å². The van der Waals surface area contributed by atoms with E-state index in [-0.39, 0.29) is 11.3 Å². The molecule has 2 atom stereocenters. The van der Waals surface area contributed by atoms with E-state index in [1.165, 1.54) is 0 Å². The lowest BCUT2D eigenvalue weighted by molar-refractivity contribution is -0.139. The number of anilines is 1. The summed E-state index contributed by atoms with van der Waals surface area (Å²) in [6.45, 7) is 9.18. The molecule has 0 bridgehead atoms. The van der Waals surface area contributed by atoms with E-state index in [4.69, 9.17) is 16.3 Å². The first kappa shape index (κ1) is 17.6. The van der Waals surface area contributed by atoms with Gasteiger partial charge in [0, 0.05) is 16.6 Å². The SMILES string of the molecule is CC(C)(C)OC(=O)Nc1ccc(C2C(C(=O)O)C2(C)C)c(Cl)c1. The van der Waals surface area contributed by atoms with Gasteiger partial charge in [-0.15, -0.1) is 0 Å². The molecule has 1 amide bonds. The molecule has 2 unspecified atom stereocenters. The van der Waals surface area contributed by atoms with E-state index >= 15 is 0 Å². The predicted octanol–water partition coefficient (Wildman–Crippen LogP) is 4.51. The fourth-order valence-electron chi connectivity index (χ4n) is 2.96. The first-order chi connectivity index (χ1) is 10.4. The molecular formula is C17H22ClNO4. The van der Waals surface area contributed by atoms with Crippen molar-refractivity contribution in [1.82, 2.24) is 0 Å². The molecule has 0 heterocycles. The predicted molar refractivity (Wildman–Crippen MR) is 89.0 cm³/mol. The number of hydrogen-bond acceptors (Lipinski definition) is 3. The molecule has 1 aliphatic rings. The molecule has 1 aromatic carbocycles. The van der Waals surface area contributed by atoms with Gasteiger partial charge in [-0.25, -0.2) is 4.79 Å². The highest BCUT2D eigenvalue weighted by molar-refractivity contribution is 6.31. The maximum atomic E-state index is 11.8. The molecule has 6 heteroatoms. The second-order valence-corrected chi connectivity index (χ2v) is 7.89. The molecule has 0 aromatic heterocycles. The zero-order valence-electron chi connectivity index (χ0n) is 13.9. The van der Waals surface area contributed by atoms with Crippen LogP contribution in [0.4, 0.5) is 10.5 Å². The topological polar surface area (TPSA) is 75.6 Å². The minimum Gasteiger partial charge on any atom is -0.481 e. The Bertz CT molecular complexity index is 648. The fraction of sp³-hybridized carbons (Fsp3) is 0.529. The number of benzene rings is 1. The Morgan fingerprint density at radius 3 is 2.35 bits per heavy atom. The Balaban J connectivity index is 2.14. The average Bonchev–Trinajstić information content (AvgIpc) is 2.89. The van der Waals surface area contributed by atoms with Crippen molar-refractivity contribution in [1.29, 1.82) is 0 Å². The van der Waals surface area contributed by atoms with E-state index in [0.29, 0.717) is 10.7 Å². The quantitative estimate of drug-likeness (QED) is 0.849. The van der Waals surface area contributed by atoms with Crippen LogP contribution in [0.3, 0.4) is 0 Å². The van der Waals surface area contributed by atoms with Crippen LogP contribution in [0.2, 0.25) is 5.02 Å². The van der Waals surface area contributed by atoms with Gasteiger partial charge in [0.2, 0.25) is 0 Å². The van der Waals surface area contributed by atoms with Crippen molar-refractivity contribution in [3.63, 3.8) is 0 Å². The van der Waals surface area contributed by atoms with Gasteiger partial charge in [0.1, 0.15) is 5.60 Å². The van der Waals surface area contributed by atoms with Crippen LogP contribution in [0.5, 0.6) is 0 Å². The number of carboxylic acid groups (broad SMARTS) is 1. The van der Waals surface area contributed by atoms with E-state index in [0.717, 1.165) is 5.56 Å². The third-order valence-electron chi connectivity index (χ3n) is 4.07. The average molecular weight is 340 g/mol. The Morgan fingerprint density at radius 2 is 1.91 bits per heavy atom. The molecule has 0 spiro atoms. The number of carbonyl (C=O) groups is 2. The second kappa shape index (κ2) is 5.71. The number of carbonyl (C=O) groups excluding carboxylic acids is 1. The van der Waals surface area contributed by atoms with Crippen LogP contribution >= 0.6 is 11.6 Å². The lowest BCUT2D eigenvalue weighted by Crippen LogP contribution is -2.27. The van der Waals surface area contributed by atoms with Crippen LogP contribution in [0, 0.1) is 11.3 Å². The van der Waals surface area contributed by atoms with Gasteiger partial charge in [-0.3, -0.25) is 10.1 Å². The highest BCUT2D eigenvalue weighted by atomic mass is 35.5. The van der Waals surface area contributed by atoms with Gasteiger partial charge in [0.05, 0.1) is 5.92 Å². The molecule has 1 aliphatic carbocycles. The summed E-state index contributed by atoms with van der Waals surface area (Å²) < 4.78 is 5.18. The smallest absolute Gasteiger partial charge is 0.412 e. The fourth-order valence-corrected chi connectivity index (χ4v) is 3.26. The van der Waals surface area contributed by atoms with Gasteiger partial charge in [0.25, 0.3) is 0 Å². The van der Waals surface area contributed by atoms with Crippen molar-refractivity contribution in [2.24, 2.45) is 11.3 Å². The molecule has 0 aliphatic heterocycles. The maximum Gasteiger partial charge on any atom is 0.412 e.